The van der Waals surface area contributed by atoms with Crippen LogP contribution in [-0.2, 0) is 16.1 Å². The molecule has 0 radical (unpaired) electrons. The van der Waals surface area contributed by atoms with Gasteiger partial charge in [0.15, 0.2) is 11.5 Å². The molecular formula is C25H25N3O6. The molecule has 0 saturated carbocycles. The molecule has 3 aromatic rings. The molecule has 0 saturated heterocycles. The summed E-state index contributed by atoms with van der Waals surface area (Å²) in [7, 11) is 1.24. The van der Waals surface area contributed by atoms with Crippen molar-refractivity contribution in [1.29, 1.82) is 0 Å². The Morgan fingerprint density at radius 3 is 2.24 bits per heavy atom. The maximum absolute atomic E-state index is 12.7. The second kappa shape index (κ2) is 12.0. The predicted molar refractivity (Wildman–Crippen MR) is 125 cm³/mol. The molecule has 0 unspecified atom stereocenters. The van der Waals surface area contributed by atoms with Gasteiger partial charge in [-0.15, -0.1) is 0 Å². The molecule has 176 valence electrons. The van der Waals surface area contributed by atoms with E-state index in [0.29, 0.717) is 41.5 Å². The van der Waals surface area contributed by atoms with Gasteiger partial charge in [0.1, 0.15) is 13.2 Å². The zero-order chi connectivity index (χ0) is 24.3. The van der Waals surface area contributed by atoms with E-state index in [1.807, 2.05) is 19.1 Å². The minimum absolute atomic E-state index is 0.224. The van der Waals surface area contributed by atoms with Gasteiger partial charge in [-0.1, -0.05) is 0 Å². The van der Waals surface area contributed by atoms with Gasteiger partial charge in [-0.05, 0) is 67.1 Å². The van der Waals surface area contributed by atoms with Crippen LogP contribution in [-0.4, -0.2) is 43.0 Å². The van der Waals surface area contributed by atoms with Crippen LogP contribution in [0.2, 0.25) is 0 Å². The number of hydrogen-bond donors (Lipinski definition) is 2. The second-order valence-electron chi connectivity index (χ2n) is 7.03. The van der Waals surface area contributed by atoms with Crippen molar-refractivity contribution in [2.24, 2.45) is 0 Å². The second-order valence-corrected chi connectivity index (χ2v) is 7.03. The van der Waals surface area contributed by atoms with Gasteiger partial charge < -0.3 is 24.8 Å². The lowest BCUT2D eigenvalue weighted by Crippen LogP contribution is -2.30. The number of rotatable bonds is 10. The SMILES string of the molecule is CCOc1cc(C(=O)Nc2ccc(C(=O)NCC(=O)OC)cc2)ccc1OCc1ccncc1. The van der Waals surface area contributed by atoms with Gasteiger partial charge in [0, 0.05) is 29.2 Å². The fourth-order valence-electron chi connectivity index (χ4n) is 2.91. The normalized spacial score (nSPS) is 10.2. The summed E-state index contributed by atoms with van der Waals surface area (Å²) in [5.41, 5.74) is 2.20. The number of methoxy groups -OCH3 is 1. The number of amides is 2. The lowest BCUT2D eigenvalue weighted by atomic mass is 10.1. The van der Waals surface area contributed by atoms with Gasteiger partial charge in [-0.25, -0.2) is 0 Å². The average Bonchev–Trinajstić information content (AvgIpc) is 2.87. The first-order chi connectivity index (χ1) is 16.5. The minimum atomic E-state index is -0.544. The Morgan fingerprint density at radius 2 is 1.56 bits per heavy atom. The first kappa shape index (κ1) is 24.2. The Kier molecular flexibility index (Phi) is 8.56. The Morgan fingerprint density at radius 1 is 0.853 bits per heavy atom. The van der Waals surface area contributed by atoms with Crippen LogP contribution in [0, 0.1) is 0 Å². The predicted octanol–water partition coefficient (Wildman–Crippen LogP) is 3.21. The van der Waals surface area contributed by atoms with Crippen LogP contribution in [0.3, 0.4) is 0 Å². The topological polar surface area (TPSA) is 116 Å². The zero-order valence-electron chi connectivity index (χ0n) is 18.9. The number of esters is 1. The molecule has 2 N–H and O–H groups in total. The summed E-state index contributed by atoms with van der Waals surface area (Å²) in [5, 5.41) is 5.23. The number of benzene rings is 2. The molecule has 1 heterocycles. The summed E-state index contributed by atoms with van der Waals surface area (Å²) in [5.74, 6) is -0.326. The fraction of sp³-hybridized carbons (Fsp3) is 0.200. The standard InChI is InChI=1S/C25H25N3O6/c1-3-33-22-14-19(6-9-21(22)34-16-17-10-12-26-13-11-17)25(31)28-20-7-4-18(5-8-20)24(30)27-15-23(29)32-2/h4-14H,3,15-16H2,1-2H3,(H,27,30)(H,28,31). The molecule has 34 heavy (non-hydrogen) atoms. The highest BCUT2D eigenvalue weighted by Gasteiger charge is 2.13. The fourth-order valence-corrected chi connectivity index (χ4v) is 2.91. The van der Waals surface area contributed by atoms with E-state index in [9.17, 15) is 14.4 Å². The number of nitrogens with zero attached hydrogens (tertiary/aromatic N) is 1. The third-order valence-corrected chi connectivity index (χ3v) is 4.68. The van der Waals surface area contributed by atoms with Crippen LogP contribution < -0.4 is 20.1 Å². The maximum atomic E-state index is 12.7. The van der Waals surface area contributed by atoms with Crippen LogP contribution in [0.5, 0.6) is 11.5 Å². The monoisotopic (exact) mass is 463 g/mol. The molecule has 2 amide bonds. The van der Waals surface area contributed by atoms with E-state index in [4.69, 9.17) is 9.47 Å². The quantitative estimate of drug-likeness (QED) is 0.444. The molecule has 1 aromatic heterocycles. The van der Waals surface area contributed by atoms with Crippen molar-refractivity contribution in [2.45, 2.75) is 13.5 Å². The molecule has 0 fully saturated rings. The average molecular weight is 463 g/mol. The van der Waals surface area contributed by atoms with Crippen LogP contribution >= 0.6 is 0 Å². The first-order valence-electron chi connectivity index (χ1n) is 10.5. The van der Waals surface area contributed by atoms with E-state index in [0.717, 1.165) is 5.56 Å². The number of anilines is 1. The third kappa shape index (κ3) is 6.80. The molecule has 0 spiro atoms. The molecule has 2 aromatic carbocycles. The summed E-state index contributed by atoms with van der Waals surface area (Å²) < 4.78 is 16.0. The Hall–Kier alpha value is -4.40. The summed E-state index contributed by atoms with van der Waals surface area (Å²) in [6.45, 7) is 2.38. The van der Waals surface area contributed by atoms with Crippen molar-refractivity contribution in [3.05, 3.63) is 83.7 Å². The highest BCUT2D eigenvalue weighted by molar-refractivity contribution is 6.05. The zero-order valence-corrected chi connectivity index (χ0v) is 18.9. The number of pyridine rings is 1. The molecule has 0 aliphatic carbocycles. The molecule has 0 aliphatic heterocycles. The van der Waals surface area contributed by atoms with Gasteiger partial charge in [0.25, 0.3) is 11.8 Å². The molecule has 9 nitrogen and oxygen atoms in total. The summed E-state index contributed by atoms with van der Waals surface area (Å²) in [6, 6.07) is 15.0. The Labute approximate surface area is 197 Å². The van der Waals surface area contributed by atoms with E-state index in [2.05, 4.69) is 20.4 Å². The van der Waals surface area contributed by atoms with Gasteiger partial charge in [0.05, 0.1) is 13.7 Å². The van der Waals surface area contributed by atoms with E-state index in [1.165, 1.54) is 7.11 Å². The van der Waals surface area contributed by atoms with Crippen LogP contribution in [0.4, 0.5) is 5.69 Å². The van der Waals surface area contributed by atoms with Crippen molar-refractivity contribution in [1.82, 2.24) is 10.3 Å². The highest BCUT2D eigenvalue weighted by atomic mass is 16.5. The highest BCUT2D eigenvalue weighted by Crippen LogP contribution is 2.29. The largest absolute Gasteiger partial charge is 0.490 e. The smallest absolute Gasteiger partial charge is 0.325 e. The minimum Gasteiger partial charge on any atom is -0.490 e. The summed E-state index contributed by atoms with van der Waals surface area (Å²) in [4.78, 5) is 39.9. The molecule has 0 atom stereocenters. The van der Waals surface area contributed by atoms with Crippen molar-refractivity contribution >= 4 is 23.5 Å². The molecule has 0 aliphatic rings. The van der Waals surface area contributed by atoms with Gasteiger partial charge in [0.2, 0.25) is 0 Å². The number of ether oxygens (including phenoxy) is 3. The molecule has 9 heteroatoms. The summed E-state index contributed by atoms with van der Waals surface area (Å²) >= 11 is 0. The van der Waals surface area contributed by atoms with Crippen LogP contribution in [0.25, 0.3) is 0 Å². The number of hydrogen-bond acceptors (Lipinski definition) is 7. The van der Waals surface area contributed by atoms with Crippen LogP contribution in [0.15, 0.2) is 67.0 Å². The van der Waals surface area contributed by atoms with E-state index in [1.54, 1.807) is 54.9 Å². The van der Waals surface area contributed by atoms with E-state index < -0.39 is 11.9 Å². The first-order valence-corrected chi connectivity index (χ1v) is 10.5. The Bertz CT molecular complexity index is 1130. The molecular weight excluding hydrogens is 438 g/mol. The third-order valence-electron chi connectivity index (χ3n) is 4.68. The Balaban J connectivity index is 1.64. The van der Waals surface area contributed by atoms with Gasteiger partial charge >= 0.3 is 5.97 Å². The number of carbonyl (C=O) groups excluding carboxylic acids is 3. The van der Waals surface area contributed by atoms with Crippen molar-refractivity contribution in [3.8, 4) is 11.5 Å². The summed E-state index contributed by atoms with van der Waals surface area (Å²) in [6.07, 6.45) is 3.38. The number of nitrogens with one attached hydrogen (secondary N) is 2. The lowest BCUT2D eigenvalue weighted by Gasteiger charge is -2.14. The van der Waals surface area contributed by atoms with Crippen LogP contribution in [0.1, 0.15) is 33.2 Å². The lowest BCUT2D eigenvalue weighted by molar-refractivity contribution is -0.139. The van der Waals surface area contributed by atoms with Crippen molar-refractivity contribution < 1.29 is 28.6 Å². The molecule has 3 rings (SSSR count). The number of carbonyl (C=O) groups is 3. The van der Waals surface area contributed by atoms with E-state index in [-0.39, 0.29) is 12.5 Å². The van der Waals surface area contributed by atoms with Crippen molar-refractivity contribution in [3.63, 3.8) is 0 Å². The van der Waals surface area contributed by atoms with E-state index >= 15 is 0 Å². The maximum Gasteiger partial charge on any atom is 0.325 e. The van der Waals surface area contributed by atoms with Gasteiger partial charge in [-0.3, -0.25) is 19.4 Å². The van der Waals surface area contributed by atoms with Crippen molar-refractivity contribution in [2.75, 3.05) is 25.6 Å². The van der Waals surface area contributed by atoms with Gasteiger partial charge in [-0.2, -0.15) is 0 Å². The molecule has 0 bridgehead atoms. The number of aromatic nitrogens is 1.